The summed E-state index contributed by atoms with van der Waals surface area (Å²) in [5.41, 5.74) is 4.00. The van der Waals surface area contributed by atoms with Crippen molar-refractivity contribution in [1.29, 1.82) is 0 Å². The number of benzene rings is 2. The predicted molar refractivity (Wildman–Crippen MR) is 115 cm³/mol. The molecule has 1 aromatic heterocycles. The fourth-order valence-corrected chi connectivity index (χ4v) is 3.47. The lowest BCUT2D eigenvalue weighted by atomic mass is 10.0. The van der Waals surface area contributed by atoms with Gasteiger partial charge in [0.15, 0.2) is 23.2 Å². The molecule has 0 aliphatic carbocycles. The van der Waals surface area contributed by atoms with Crippen molar-refractivity contribution in [1.82, 2.24) is 24.9 Å². The van der Waals surface area contributed by atoms with Crippen LogP contribution in [-0.2, 0) is 6.54 Å². The average Bonchev–Trinajstić information content (AvgIpc) is 3.42. The molecule has 32 heavy (non-hydrogen) atoms. The van der Waals surface area contributed by atoms with E-state index in [1.54, 1.807) is 10.9 Å². The summed E-state index contributed by atoms with van der Waals surface area (Å²) in [4.78, 5) is 8.60. The van der Waals surface area contributed by atoms with Crippen LogP contribution in [0.2, 0.25) is 0 Å². The molecule has 0 spiro atoms. The zero-order chi connectivity index (χ0) is 22.2. The van der Waals surface area contributed by atoms with Gasteiger partial charge in [0.25, 0.3) is 0 Å². The van der Waals surface area contributed by atoms with E-state index in [4.69, 9.17) is 4.52 Å². The molecule has 5 rings (SSSR count). The number of nitrogens with zero attached hydrogens (tertiary/aromatic N) is 5. The van der Waals surface area contributed by atoms with E-state index in [1.807, 2.05) is 18.2 Å². The monoisotopic (exact) mass is 431 g/mol. The fourth-order valence-electron chi connectivity index (χ4n) is 3.47. The minimum atomic E-state index is -0.973. The molecule has 0 fully saturated rings. The molecule has 0 unspecified atom stereocenters. The Hall–Kier alpha value is -3.94. The van der Waals surface area contributed by atoms with Gasteiger partial charge in [-0.2, -0.15) is 5.10 Å². The maximum absolute atomic E-state index is 14.1. The number of aromatic nitrogens is 5. The standard InChI is InChI=1S/C24H19F2N5O/c1-14(2)15-6-8-16(9-7-15)20-10-17(32-30-20)12-31-13-22-21(11-27-31)28-24(29-22)18-4-3-5-19(25)23(18)26/h3-11,13-14H,12H2,1-2H3. The normalized spacial score (nSPS) is 11.5. The Balaban J connectivity index is 1.38. The Morgan fingerprint density at radius 1 is 0.969 bits per heavy atom. The van der Waals surface area contributed by atoms with Crippen LogP contribution < -0.4 is 0 Å². The highest BCUT2D eigenvalue weighted by atomic mass is 19.2. The topological polar surface area (TPSA) is 69.6 Å². The van der Waals surface area contributed by atoms with Crippen LogP contribution in [0.4, 0.5) is 8.78 Å². The minimum absolute atomic E-state index is 0.0103. The zero-order valence-corrected chi connectivity index (χ0v) is 17.5. The number of rotatable bonds is 5. The van der Waals surface area contributed by atoms with Crippen LogP contribution in [0, 0.1) is 11.6 Å². The molecule has 8 heteroatoms. The van der Waals surface area contributed by atoms with Crippen molar-refractivity contribution >= 4 is 0 Å². The van der Waals surface area contributed by atoms with E-state index in [-0.39, 0.29) is 11.4 Å². The molecule has 0 saturated heterocycles. The molecule has 6 nitrogen and oxygen atoms in total. The van der Waals surface area contributed by atoms with Crippen LogP contribution in [0.15, 0.2) is 65.4 Å². The molecule has 0 saturated carbocycles. The van der Waals surface area contributed by atoms with Gasteiger partial charge >= 0.3 is 0 Å². The molecule has 2 aliphatic rings. The molecule has 2 aliphatic heterocycles. The zero-order valence-electron chi connectivity index (χ0n) is 17.5. The van der Waals surface area contributed by atoms with E-state index in [1.165, 1.54) is 23.9 Å². The van der Waals surface area contributed by atoms with Crippen LogP contribution in [0.1, 0.15) is 31.1 Å². The number of fused-ring (bicyclic) bond motifs is 1. The molecule has 0 amide bonds. The lowest BCUT2D eigenvalue weighted by Crippen LogP contribution is -2.04. The quantitative estimate of drug-likeness (QED) is 0.365. The van der Waals surface area contributed by atoms with E-state index in [0.717, 1.165) is 17.3 Å². The van der Waals surface area contributed by atoms with Gasteiger partial charge in [-0.1, -0.05) is 49.3 Å². The summed E-state index contributed by atoms with van der Waals surface area (Å²) in [6, 6.07) is 14.0. The Morgan fingerprint density at radius 3 is 2.53 bits per heavy atom. The highest BCUT2D eigenvalue weighted by Gasteiger charge is 2.18. The first-order valence-corrected chi connectivity index (χ1v) is 10.2. The molecule has 0 bridgehead atoms. The first kappa shape index (κ1) is 20.0. The first-order valence-electron chi connectivity index (χ1n) is 10.2. The van der Waals surface area contributed by atoms with E-state index in [9.17, 15) is 8.78 Å². The van der Waals surface area contributed by atoms with Gasteiger partial charge in [0.2, 0.25) is 0 Å². The fraction of sp³-hybridized carbons (Fsp3) is 0.167. The smallest absolute Gasteiger partial charge is 0.169 e. The number of hydrogen-bond acceptors (Lipinski definition) is 5. The molecule has 2 aromatic carbocycles. The van der Waals surface area contributed by atoms with Gasteiger partial charge < -0.3 is 4.52 Å². The van der Waals surface area contributed by atoms with Crippen LogP contribution in [0.3, 0.4) is 0 Å². The Bertz CT molecular complexity index is 1360. The highest BCUT2D eigenvalue weighted by molar-refractivity contribution is 5.65. The average molecular weight is 431 g/mol. The molecule has 3 aromatic rings. The van der Waals surface area contributed by atoms with Crippen molar-refractivity contribution in [3.63, 3.8) is 0 Å². The molecular weight excluding hydrogens is 412 g/mol. The van der Waals surface area contributed by atoms with Gasteiger partial charge in [-0.15, -0.1) is 0 Å². The largest absolute Gasteiger partial charge is 0.359 e. The molecule has 3 heterocycles. The summed E-state index contributed by atoms with van der Waals surface area (Å²) >= 11 is 0. The summed E-state index contributed by atoms with van der Waals surface area (Å²) in [5.74, 6) is -0.709. The second-order valence-electron chi connectivity index (χ2n) is 7.85. The third kappa shape index (κ3) is 3.75. The summed E-state index contributed by atoms with van der Waals surface area (Å²) in [7, 11) is 0. The summed E-state index contributed by atoms with van der Waals surface area (Å²) < 4.78 is 34.7. The summed E-state index contributed by atoms with van der Waals surface area (Å²) in [6.45, 7) is 4.64. The van der Waals surface area contributed by atoms with Gasteiger partial charge in [0, 0.05) is 11.6 Å². The van der Waals surface area contributed by atoms with Gasteiger partial charge in [-0.3, -0.25) is 4.68 Å². The Morgan fingerprint density at radius 2 is 1.75 bits per heavy atom. The Labute approximate surface area is 182 Å². The van der Waals surface area contributed by atoms with Gasteiger partial charge in [-0.05, 0) is 23.6 Å². The van der Waals surface area contributed by atoms with Crippen molar-refractivity contribution in [2.45, 2.75) is 26.3 Å². The molecule has 0 radical (unpaired) electrons. The van der Waals surface area contributed by atoms with Gasteiger partial charge in [-0.25, -0.2) is 18.7 Å². The molecule has 160 valence electrons. The van der Waals surface area contributed by atoms with Crippen LogP contribution in [0.5, 0.6) is 0 Å². The lowest BCUT2D eigenvalue weighted by Gasteiger charge is -2.05. The van der Waals surface area contributed by atoms with E-state index in [0.29, 0.717) is 29.6 Å². The van der Waals surface area contributed by atoms with E-state index >= 15 is 0 Å². The lowest BCUT2D eigenvalue weighted by molar-refractivity contribution is 0.372. The van der Waals surface area contributed by atoms with Gasteiger partial charge in [0.1, 0.15) is 23.6 Å². The predicted octanol–water partition coefficient (Wildman–Crippen LogP) is 5.55. The summed E-state index contributed by atoms with van der Waals surface area (Å²) in [6.07, 6.45) is 3.22. The second-order valence-corrected chi connectivity index (χ2v) is 7.85. The van der Waals surface area contributed by atoms with Crippen LogP contribution >= 0.6 is 0 Å². The van der Waals surface area contributed by atoms with E-state index in [2.05, 4.69) is 46.2 Å². The number of imidazole rings is 1. The van der Waals surface area contributed by atoms with Crippen molar-refractivity contribution < 1.29 is 13.3 Å². The van der Waals surface area contributed by atoms with Crippen molar-refractivity contribution in [3.05, 3.63) is 83.9 Å². The molecule has 0 atom stereocenters. The Kier molecular flexibility index (Phi) is 4.97. The summed E-state index contributed by atoms with van der Waals surface area (Å²) in [5, 5.41) is 8.48. The number of hydrogen-bond donors (Lipinski definition) is 0. The third-order valence-corrected chi connectivity index (χ3v) is 5.26. The van der Waals surface area contributed by atoms with E-state index < -0.39 is 11.6 Å². The SMILES string of the molecule is CC(C)c1ccc(-c2cc(Cn3cc4nc(-c5cccc(F)c5F)nc-4cn3)on2)cc1. The first-order chi connectivity index (χ1) is 15.5. The van der Waals surface area contributed by atoms with Crippen molar-refractivity contribution in [2.24, 2.45) is 0 Å². The third-order valence-electron chi connectivity index (χ3n) is 5.26. The maximum atomic E-state index is 14.1. The van der Waals surface area contributed by atoms with Crippen LogP contribution in [-0.4, -0.2) is 24.9 Å². The van der Waals surface area contributed by atoms with Crippen molar-refractivity contribution in [3.8, 4) is 34.0 Å². The maximum Gasteiger partial charge on any atom is 0.169 e. The highest BCUT2D eigenvalue weighted by Crippen LogP contribution is 2.27. The second kappa shape index (κ2) is 7.96. The molecule has 0 N–H and O–H groups in total. The van der Waals surface area contributed by atoms with Crippen molar-refractivity contribution in [2.75, 3.05) is 0 Å². The molecular formula is C24H19F2N5O. The minimum Gasteiger partial charge on any atom is -0.359 e. The number of halogens is 2. The van der Waals surface area contributed by atoms with Gasteiger partial charge in [0.05, 0.1) is 18.0 Å². The van der Waals surface area contributed by atoms with Crippen LogP contribution in [0.25, 0.3) is 34.0 Å².